The number of fused-ring (bicyclic) bond motifs is 1. The lowest BCUT2D eigenvalue weighted by Gasteiger charge is -2.35. The summed E-state index contributed by atoms with van der Waals surface area (Å²) >= 11 is 12.7. The molecule has 33 heavy (non-hydrogen) atoms. The van der Waals surface area contributed by atoms with Crippen LogP contribution in [0.2, 0.25) is 10.0 Å². The lowest BCUT2D eigenvalue weighted by molar-refractivity contribution is 0.0527. The zero-order chi connectivity index (χ0) is 23.5. The SMILES string of the molecule is CCOC(=O)c1cnc2cc(OC)c(N3CCN(C)CC3)cc2c1Nc1cccc(Cl)c1Cl. The molecule has 1 saturated heterocycles. The Balaban J connectivity index is 1.90. The number of likely N-dealkylation sites (N-methyl/N-ethyl adjacent to an activating group) is 1. The molecule has 0 saturated carbocycles. The number of carbonyl (C=O) groups excluding carboxylic acids is 1. The van der Waals surface area contributed by atoms with Crippen molar-refractivity contribution >= 4 is 57.1 Å². The van der Waals surface area contributed by atoms with E-state index in [-0.39, 0.29) is 6.61 Å². The number of anilines is 3. The number of halogens is 2. The molecule has 0 radical (unpaired) electrons. The number of rotatable bonds is 6. The van der Waals surface area contributed by atoms with Crippen molar-refractivity contribution in [2.75, 3.05) is 57.2 Å². The number of methoxy groups -OCH3 is 1. The van der Waals surface area contributed by atoms with E-state index in [1.807, 2.05) is 12.1 Å². The van der Waals surface area contributed by atoms with Crippen LogP contribution in [-0.2, 0) is 4.74 Å². The standard InChI is InChI=1S/C24H26Cl2N4O3/c1-4-33-24(31)16-14-27-19-13-21(32-3)20(30-10-8-29(2)9-11-30)12-15(19)23(16)28-18-7-5-6-17(25)22(18)26/h5-7,12-14H,4,8-11H2,1-3H3,(H,27,28). The van der Waals surface area contributed by atoms with Gasteiger partial charge in [-0.25, -0.2) is 4.79 Å². The normalized spacial score (nSPS) is 14.4. The summed E-state index contributed by atoms with van der Waals surface area (Å²) in [6.07, 6.45) is 1.51. The zero-order valence-electron chi connectivity index (χ0n) is 18.8. The van der Waals surface area contributed by atoms with E-state index in [9.17, 15) is 4.79 Å². The van der Waals surface area contributed by atoms with Crippen molar-refractivity contribution in [3.8, 4) is 5.75 Å². The van der Waals surface area contributed by atoms with Crippen molar-refractivity contribution in [3.63, 3.8) is 0 Å². The van der Waals surface area contributed by atoms with E-state index in [4.69, 9.17) is 32.7 Å². The Morgan fingerprint density at radius 1 is 1.18 bits per heavy atom. The number of hydrogen-bond donors (Lipinski definition) is 1. The Kier molecular flexibility index (Phi) is 7.12. The van der Waals surface area contributed by atoms with Gasteiger partial charge < -0.3 is 24.6 Å². The summed E-state index contributed by atoms with van der Waals surface area (Å²) in [6, 6.07) is 9.21. The third-order valence-electron chi connectivity index (χ3n) is 5.72. The topological polar surface area (TPSA) is 66.9 Å². The van der Waals surface area contributed by atoms with Gasteiger partial charge >= 0.3 is 5.97 Å². The number of pyridine rings is 1. The second-order valence-corrected chi connectivity index (χ2v) is 8.61. The van der Waals surface area contributed by atoms with Gasteiger partial charge in [0.15, 0.2) is 0 Å². The molecule has 7 nitrogen and oxygen atoms in total. The molecule has 2 heterocycles. The number of ether oxygens (including phenoxy) is 2. The maximum absolute atomic E-state index is 12.8. The second-order valence-electron chi connectivity index (χ2n) is 7.83. The maximum atomic E-state index is 12.8. The fourth-order valence-corrected chi connectivity index (χ4v) is 4.25. The number of aromatic nitrogens is 1. The second kappa shape index (κ2) is 10.0. The highest BCUT2D eigenvalue weighted by Crippen LogP contribution is 2.40. The fraction of sp³-hybridized carbons (Fsp3) is 0.333. The first-order valence-electron chi connectivity index (χ1n) is 10.7. The Morgan fingerprint density at radius 2 is 1.94 bits per heavy atom. The Morgan fingerprint density at radius 3 is 2.64 bits per heavy atom. The average Bonchev–Trinajstić information content (AvgIpc) is 2.82. The number of benzene rings is 2. The predicted octanol–water partition coefficient (Wildman–Crippen LogP) is 5.22. The first-order valence-corrected chi connectivity index (χ1v) is 11.5. The molecule has 0 amide bonds. The van der Waals surface area contributed by atoms with Gasteiger partial charge in [-0.15, -0.1) is 0 Å². The molecular weight excluding hydrogens is 463 g/mol. The summed E-state index contributed by atoms with van der Waals surface area (Å²) < 4.78 is 11.0. The van der Waals surface area contributed by atoms with Gasteiger partial charge in [0.2, 0.25) is 0 Å². The smallest absolute Gasteiger partial charge is 0.341 e. The van der Waals surface area contributed by atoms with E-state index in [0.29, 0.717) is 32.5 Å². The van der Waals surface area contributed by atoms with Crippen molar-refractivity contribution in [2.24, 2.45) is 0 Å². The summed E-state index contributed by atoms with van der Waals surface area (Å²) in [5, 5.41) is 4.85. The molecule has 4 rings (SSSR count). The van der Waals surface area contributed by atoms with Gasteiger partial charge in [-0.1, -0.05) is 29.3 Å². The molecule has 0 spiro atoms. The highest BCUT2D eigenvalue weighted by atomic mass is 35.5. The Labute approximate surface area is 203 Å². The van der Waals surface area contributed by atoms with Gasteiger partial charge in [0.25, 0.3) is 0 Å². The number of hydrogen-bond acceptors (Lipinski definition) is 7. The molecule has 0 bridgehead atoms. The van der Waals surface area contributed by atoms with Gasteiger partial charge in [0.1, 0.15) is 11.3 Å². The van der Waals surface area contributed by atoms with Gasteiger partial charge in [0.05, 0.1) is 46.3 Å². The van der Waals surface area contributed by atoms with Crippen LogP contribution in [0.4, 0.5) is 17.1 Å². The lowest BCUT2D eigenvalue weighted by atomic mass is 10.1. The molecule has 0 aliphatic carbocycles. The molecular formula is C24H26Cl2N4O3. The van der Waals surface area contributed by atoms with Crippen LogP contribution in [0, 0.1) is 0 Å². The number of esters is 1. The highest BCUT2D eigenvalue weighted by Gasteiger charge is 2.23. The summed E-state index contributed by atoms with van der Waals surface area (Å²) in [4.78, 5) is 21.9. The van der Waals surface area contributed by atoms with Crippen LogP contribution in [0.5, 0.6) is 5.75 Å². The Hall–Kier alpha value is -2.74. The molecule has 9 heteroatoms. The first kappa shape index (κ1) is 23.4. The molecule has 174 valence electrons. The van der Waals surface area contributed by atoms with Gasteiger partial charge in [-0.2, -0.15) is 0 Å². The number of carbonyl (C=O) groups is 1. The first-order chi connectivity index (χ1) is 15.9. The quantitative estimate of drug-likeness (QED) is 0.476. The Bertz CT molecular complexity index is 1180. The third kappa shape index (κ3) is 4.81. The van der Waals surface area contributed by atoms with Gasteiger partial charge in [-0.05, 0) is 32.2 Å². The van der Waals surface area contributed by atoms with E-state index in [0.717, 1.165) is 43.0 Å². The van der Waals surface area contributed by atoms with Gasteiger partial charge in [-0.3, -0.25) is 4.98 Å². The van der Waals surface area contributed by atoms with Crippen molar-refractivity contribution in [1.29, 1.82) is 0 Å². The minimum atomic E-state index is -0.468. The summed E-state index contributed by atoms with van der Waals surface area (Å²) in [7, 11) is 3.76. The highest BCUT2D eigenvalue weighted by molar-refractivity contribution is 6.43. The molecule has 0 unspecified atom stereocenters. The van der Waals surface area contributed by atoms with Crippen LogP contribution in [0.15, 0.2) is 36.5 Å². The van der Waals surface area contributed by atoms with Crippen LogP contribution in [0.3, 0.4) is 0 Å². The molecule has 1 aromatic heterocycles. The predicted molar refractivity (Wildman–Crippen MR) is 134 cm³/mol. The van der Waals surface area contributed by atoms with Crippen molar-refractivity contribution < 1.29 is 14.3 Å². The third-order valence-corrected chi connectivity index (χ3v) is 6.54. The summed E-state index contributed by atoms with van der Waals surface area (Å²) in [5.74, 6) is 0.264. The fourth-order valence-electron chi connectivity index (χ4n) is 3.90. The number of nitrogens with one attached hydrogen (secondary N) is 1. The van der Waals surface area contributed by atoms with E-state index in [1.165, 1.54) is 6.20 Å². The maximum Gasteiger partial charge on any atom is 0.341 e. The monoisotopic (exact) mass is 488 g/mol. The number of nitrogens with zero attached hydrogens (tertiary/aromatic N) is 3. The number of piperazine rings is 1. The van der Waals surface area contributed by atoms with Crippen LogP contribution in [0.1, 0.15) is 17.3 Å². The van der Waals surface area contributed by atoms with Crippen molar-refractivity contribution in [2.45, 2.75) is 6.92 Å². The molecule has 1 fully saturated rings. The summed E-state index contributed by atoms with van der Waals surface area (Å²) in [5.41, 5.74) is 3.08. The molecule has 2 aromatic carbocycles. The molecule has 1 N–H and O–H groups in total. The van der Waals surface area contributed by atoms with E-state index in [2.05, 4.69) is 27.1 Å². The van der Waals surface area contributed by atoms with Crippen molar-refractivity contribution in [1.82, 2.24) is 9.88 Å². The molecule has 1 aliphatic heterocycles. The van der Waals surface area contributed by atoms with E-state index in [1.54, 1.807) is 32.2 Å². The minimum Gasteiger partial charge on any atom is -0.495 e. The molecule has 0 atom stereocenters. The van der Waals surface area contributed by atoms with Crippen LogP contribution in [0.25, 0.3) is 10.9 Å². The minimum absolute atomic E-state index is 0.253. The van der Waals surface area contributed by atoms with Crippen LogP contribution in [-0.4, -0.2) is 62.8 Å². The van der Waals surface area contributed by atoms with Crippen LogP contribution < -0.4 is 15.0 Å². The van der Waals surface area contributed by atoms with E-state index < -0.39 is 5.97 Å². The van der Waals surface area contributed by atoms with E-state index >= 15 is 0 Å². The zero-order valence-corrected chi connectivity index (χ0v) is 20.3. The van der Waals surface area contributed by atoms with Crippen molar-refractivity contribution in [3.05, 3.63) is 52.1 Å². The molecule has 1 aliphatic rings. The lowest BCUT2D eigenvalue weighted by Crippen LogP contribution is -2.44. The average molecular weight is 489 g/mol. The summed E-state index contributed by atoms with van der Waals surface area (Å²) in [6.45, 7) is 5.66. The van der Waals surface area contributed by atoms with Crippen LogP contribution >= 0.6 is 23.2 Å². The molecule has 3 aromatic rings. The van der Waals surface area contributed by atoms with Gasteiger partial charge in [0, 0.05) is 43.8 Å². The largest absolute Gasteiger partial charge is 0.495 e.